The molecule has 1 aromatic rings. The molecule has 1 aromatic carbocycles. The van der Waals surface area contributed by atoms with Crippen molar-refractivity contribution in [2.45, 2.75) is 123 Å². The maximum absolute atomic E-state index is 9.37. The number of aliphatic hydroxyl groups is 1. The van der Waals surface area contributed by atoms with Crippen LogP contribution < -0.4 is 9.16 Å². The highest BCUT2D eigenvalue weighted by Gasteiger charge is 2.53. The van der Waals surface area contributed by atoms with Crippen LogP contribution in [0.25, 0.3) is 0 Å². The second-order valence-corrected chi connectivity index (χ2v) is 19.0. The van der Waals surface area contributed by atoms with Crippen molar-refractivity contribution in [3.8, 4) is 11.5 Å². The summed E-state index contributed by atoms with van der Waals surface area (Å²) in [6.07, 6.45) is 10.8. The summed E-state index contributed by atoms with van der Waals surface area (Å²) in [6, 6.07) is 4.75. The molecule has 208 valence electrons. The SMILES string of the molecule is COc1cc2c(cc1O[Si](C(C)C)(C(C)C)C(C)C)CC[C@@H]1[C@@H]2CC[C@]2(C)C([C@H](C)CCCO)=CC[C@@H]12. The van der Waals surface area contributed by atoms with Crippen LogP contribution in [0.15, 0.2) is 23.8 Å². The monoisotopic (exact) mass is 526 g/mol. The van der Waals surface area contributed by atoms with Gasteiger partial charge in [0, 0.05) is 6.61 Å². The molecule has 1 fully saturated rings. The number of hydrogen-bond donors (Lipinski definition) is 1. The van der Waals surface area contributed by atoms with Gasteiger partial charge in [0.2, 0.25) is 0 Å². The molecule has 4 heteroatoms. The standard InChI is InChI=1S/C33H54O3Si/c1-21(2)37(22(3)4,23(5)6)36-32-19-25-12-13-27-26(28(25)20-31(32)35-9)16-17-33(8)29(14-15-30(27)33)24(7)11-10-18-34/h14,19-24,26-27,30,34H,10-13,15-18H2,1-9H3/t24-,26+,27-,30+,33-/m1/s1. The Hall–Kier alpha value is -1.26. The smallest absolute Gasteiger partial charge is 0.258 e. The molecule has 0 aliphatic heterocycles. The molecule has 0 radical (unpaired) electrons. The minimum Gasteiger partial charge on any atom is -0.540 e. The third-order valence-electron chi connectivity index (χ3n) is 11.0. The van der Waals surface area contributed by atoms with Gasteiger partial charge in [0.25, 0.3) is 8.32 Å². The lowest BCUT2D eigenvalue weighted by atomic mass is 9.53. The predicted molar refractivity (Wildman–Crippen MR) is 158 cm³/mol. The fraction of sp³-hybridized carbons (Fsp3) is 0.758. The maximum Gasteiger partial charge on any atom is 0.258 e. The van der Waals surface area contributed by atoms with Crippen LogP contribution in [0.2, 0.25) is 16.6 Å². The number of rotatable bonds is 10. The molecule has 0 heterocycles. The van der Waals surface area contributed by atoms with Gasteiger partial charge in [-0.05, 0) is 114 Å². The Kier molecular flexibility index (Phi) is 8.61. The Morgan fingerprint density at radius 2 is 1.68 bits per heavy atom. The maximum atomic E-state index is 9.37. The molecule has 3 aliphatic rings. The summed E-state index contributed by atoms with van der Waals surface area (Å²) in [4.78, 5) is 0. The number of methoxy groups -OCH3 is 1. The van der Waals surface area contributed by atoms with Crippen molar-refractivity contribution in [2.24, 2.45) is 23.2 Å². The predicted octanol–water partition coefficient (Wildman–Crippen LogP) is 9.05. The largest absolute Gasteiger partial charge is 0.540 e. The highest BCUT2D eigenvalue weighted by Crippen LogP contribution is 2.63. The third-order valence-corrected chi connectivity index (χ3v) is 17.0. The summed E-state index contributed by atoms with van der Waals surface area (Å²) in [5.41, 5.74) is 6.68. The lowest BCUT2D eigenvalue weighted by molar-refractivity contribution is 0.0683. The minimum atomic E-state index is -2.05. The summed E-state index contributed by atoms with van der Waals surface area (Å²) in [7, 11) is -0.238. The van der Waals surface area contributed by atoms with Crippen molar-refractivity contribution in [2.75, 3.05) is 13.7 Å². The van der Waals surface area contributed by atoms with E-state index in [1.165, 1.54) is 36.8 Å². The van der Waals surface area contributed by atoms with E-state index in [0.717, 1.165) is 42.6 Å². The number of aryl methyl sites for hydroxylation is 1. The first-order valence-electron chi connectivity index (χ1n) is 15.2. The van der Waals surface area contributed by atoms with Crippen LogP contribution in [0.5, 0.6) is 11.5 Å². The van der Waals surface area contributed by atoms with E-state index in [1.807, 2.05) is 7.11 Å². The van der Waals surface area contributed by atoms with Crippen LogP contribution in [0.1, 0.15) is 111 Å². The van der Waals surface area contributed by atoms with Crippen LogP contribution >= 0.6 is 0 Å². The summed E-state index contributed by atoms with van der Waals surface area (Å²) >= 11 is 0. The Labute approximate surface area is 228 Å². The van der Waals surface area contributed by atoms with Crippen molar-refractivity contribution in [3.63, 3.8) is 0 Å². The molecule has 0 amide bonds. The number of aliphatic hydroxyl groups excluding tert-OH is 1. The van der Waals surface area contributed by atoms with Gasteiger partial charge in [0.1, 0.15) is 5.75 Å². The number of ether oxygens (including phenoxy) is 1. The fourth-order valence-corrected chi connectivity index (χ4v) is 14.5. The van der Waals surface area contributed by atoms with Gasteiger partial charge in [0.05, 0.1) is 7.11 Å². The lowest BCUT2D eigenvalue weighted by Gasteiger charge is -2.51. The van der Waals surface area contributed by atoms with Crippen molar-refractivity contribution in [1.29, 1.82) is 0 Å². The average Bonchev–Trinajstić information content (AvgIpc) is 3.21. The molecule has 0 spiro atoms. The van der Waals surface area contributed by atoms with Gasteiger partial charge >= 0.3 is 0 Å². The number of fused-ring (bicyclic) bond motifs is 5. The molecule has 5 atom stereocenters. The van der Waals surface area contributed by atoms with E-state index in [2.05, 4.69) is 73.6 Å². The average molecular weight is 527 g/mol. The van der Waals surface area contributed by atoms with Crippen LogP contribution in [0, 0.1) is 23.2 Å². The molecule has 0 bridgehead atoms. The zero-order chi connectivity index (χ0) is 27.1. The molecule has 4 rings (SSSR count). The molecule has 0 aromatic heterocycles. The first-order chi connectivity index (χ1) is 17.5. The minimum absolute atomic E-state index is 0.307. The van der Waals surface area contributed by atoms with Crippen molar-refractivity contribution < 1.29 is 14.3 Å². The van der Waals surface area contributed by atoms with Crippen molar-refractivity contribution in [1.82, 2.24) is 0 Å². The fourth-order valence-electron chi connectivity index (χ4n) is 9.28. The van der Waals surface area contributed by atoms with Crippen LogP contribution in [-0.4, -0.2) is 27.1 Å². The first-order valence-corrected chi connectivity index (χ1v) is 17.4. The second kappa shape index (κ2) is 11.1. The Morgan fingerprint density at radius 3 is 2.27 bits per heavy atom. The van der Waals surface area contributed by atoms with Gasteiger partial charge in [-0.2, -0.15) is 0 Å². The summed E-state index contributed by atoms with van der Waals surface area (Å²) < 4.78 is 13.2. The van der Waals surface area contributed by atoms with Gasteiger partial charge in [-0.3, -0.25) is 0 Å². The van der Waals surface area contributed by atoms with Gasteiger partial charge in [0.15, 0.2) is 5.75 Å². The first kappa shape index (κ1) is 28.7. The number of hydrogen-bond acceptors (Lipinski definition) is 3. The molecule has 0 saturated heterocycles. The van der Waals surface area contributed by atoms with E-state index in [0.29, 0.717) is 40.5 Å². The zero-order valence-corrected chi connectivity index (χ0v) is 26.2. The summed E-state index contributed by atoms with van der Waals surface area (Å²) in [6.45, 7) is 19.4. The molecule has 3 aliphatic carbocycles. The molecular weight excluding hydrogens is 472 g/mol. The quantitative estimate of drug-likeness (QED) is 0.244. The van der Waals surface area contributed by atoms with E-state index in [4.69, 9.17) is 9.16 Å². The molecule has 1 N–H and O–H groups in total. The second-order valence-electron chi connectivity index (χ2n) is 13.7. The summed E-state index contributed by atoms with van der Waals surface area (Å²) in [5.74, 6) is 4.64. The van der Waals surface area contributed by atoms with Crippen molar-refractivity contribution in [3.05, 3.63) is 34.9 Å². The van der Waals surface area contributed by atoms with E-state index < -0.39 is 8.32 Å². The highest BCUT2D eigenvalue weighted by molar-refractivity contribution is 6.78. The number of allylic oxidation sites excluding steroid dienone is 2. The topological polar surface area (TPSA) is 38.7 Å². The van der Waals surface area contributed by atoms with Gasteiger partial charge in [-0.25, -0.2) is 0 Å². The molecule has 0 unspecified atom stereocenters. The van der Waals surface area contributed by atoms with Gasteiger partial charge in [-0.1, -0.05) is 67.0 Å². The van der Waals surface area contributed by atoms with E-state index in [9.17, 15) is 5.11 Å². The Morgan fingerprint density at radius 1 is 1.00 bits per heavy atom. The lowest BCUT2D eigenvalue weighted by Crippen LogP contribution is -2.50. The molecule has 37 heavy (non-hydrogen) atoms. The van der Waals surface area contributed by atoms with Crippen LogP contribution in [-0.2, 0) is 6.42 Å². The normalized spacial score (nSPS) is 28.1. The zero-order valence-electron chi connectivity index (χ0n) is 25.2. The molecule has 1 saturated carbocycles. The van der Waals surface area contributed by atoms with Crippen LogP contribution in [0.3, 0.4) is 0 Å². The third kappa shape index (κ3) is 4.84. The van der Waals surface area contributed by atoms with E-state index >= 15 is 0 Å². The van der Waals surface area contributed by atoms with Crippen LogP contribution in [0.4, 0.5) is 0 Å². The van der Waals surface area contributed by atoms with Crippen molar-refractivity contribution >= 4 is 8.32 Å². The van der Waals surface area contributed by atoms with E-state index in [-0.39, 0.29) is 0 Å². The Balaban J connectivity index is 1.63. The summed E-state index contributed by atoms with van der Waals surface area (Å²) in [5, 5.41) is 9.37. The highest BCUT2D eigenvalue weighted by atomic mass is 28.4. The Bertz CT molecular complexity index is 958. The van der Waals surface area contributed by atoms with Gasteiger partial charge in [-0.15, -0.1) is 0 Å². The number of benzene rings is 1. The van der Waals surface area contributed by atoms with E-state index in [1.54, 1.807) is 5.57 Å². The molecule has 3 nitrogen and oxygen atoms in total. The van der Waals surface area contributed by atoms with Gasteiger partial charge < -0.3 is 14.3 Å². The molecular formula is C33H54O3Si.